The zero-order valence-corrected chi connectivity index (χ0v) is 34.5. The number of hydrogen-bond donors (Lipinski definition) is 0. The molecule has 3 heterocycles. The molecule has 6 heteroatoms. The highest BCUT2D eigenvalue weighted by atomic mass is 16.6. The standard InChI is InChI=1S/C55H42N4O2/c1-5-15-46-39(6-2)42-19-11-13-22-47(42)59(46)38-30-28-37(29-31-38)54-57-52(35-16-8-7-9-17-35)56-53(58-54)36-26-24-34(25-27-36)40-20-14-23-48-51(40)61-50-33-45-43(32-49(50)60-48)41-18-10-12-21-44(41)55(45,3)4/h5,7-33H,6H2,1-4H3/b15-5-. The van der Waals surface area contributed by atoms with Crippen LogP contribution in [-0.2, 0) is 11.8 Å². The molecule has 0 unspecified atom stereocenters. The van der Waals surface area contributed by atoms with Gasteiger partial charge in [0.25, 0.3) is 0 Å². The molecule has 0 saturated carbocycles. The third-order valence-corrected chi connectivity index (χ3v) is 12.3. The lowest BCUT2D eigenvalue weighted by molar-refractivity contribution is 0.360. The first-order valence-corrected chi connectivity index (χ1v) is 20.9. The quantitative estimate of drug-likeness (QED) is 0.161. The normalized spacial score (nSPS) is 13.3. The van der Waals surface area contributed by atoms with Crippen LogP contribution in [0.5, 0.6) is 23.0 Å². The highest BCUT2D eigenvalue weighted by Crippen LogP contribution is 2.56. The minimum Gasteiger partial charge on any atom is -0.449 e. The zero-order valence-electron chi connectivity index (χ0n) is 34.5. The van der Waals surface area contributed by atoms with E-state index in [0.29, 0.717) is 29.0 Å². The number of hydrogen-bond acceptors (Lipinski definition) is 5. The number of allylic oxidation sites excluding steroid dienone is 1. The maximum Gasteiger partial charge on any atom is 0.177 e. The van der Waals surface area contributed by atoms with E-state index in [-0.39, 0.29) is 5.41 Å². The Morgan fingerprint density at radius 2 is 1.15 bits per heavy atom. The second-order valence-corrected chi connectivity index (χ2v) is 16.2. The summed E-state index contributed by atoms with van der Waals surface area (Å²) in [5.41, 5.74) is 14.3. The fraction of sp³-hybridized carbons (Fsp3) is 0.109. The van der Waals surface area contributed by atoms with Crippen molar-refractivity contribution >= 4 is 17.0 Å². The Balaban J connectivity index is 0.940. The van der Waals surface area contributed by atoms with Gasteiger partial charge in [-0.1, -0.05) is 136 Å². The van der Waals surface area contributed by atoms with Crippen LogP contribution in [0.1, 0.15) is 50.1 Å². The van der Waals surface area contributed by atoms with Gasteiger partial charge in [0, 0.05) is 44.4 Å². The molecule has 1 aliphatic carbocycles. The predicted molar refractivity (Wildman–Crippen MR) is 247 cm³/mol. The summed E-state index contributed by atoms with van der Waals surface area (Å²) in [6.07, 6.45) is 5.27. The number of rotatable bonds is 7. The van der Waals surface area contributed by atoms with Crippen molar-refractivity contribution in [2.24, 2.45) is 0 Å². The third-order valence-electron chi connectivity index (χ3n) is 12.3. The van der Waals surface area contributed by atoms with Crippen molar-refractivity contribution in [1.82, 2.24) is 19.5 Å². The Morgan fingerprint density at radius 3 is 1.87 bits per heavy atom. The van der Waals surface area contributed by atoms with Gasteiger partial charge in [-0.25, -0.2) is 15.0 Å². The van der Waals surface area contributed by atoms with E-state index in [2.05, 4.69) is 160 Å². The van der Waals surface area contributed by atoms with Crippen LogP contribution in [0.3, 0.4) is 0 Å². The minimum absolute atomic E-state index is 0.147. The first-order chi connectivity index (χ1) is 29.9. The third kappa shape index (κ3) is 5.97. The van der Waals surface area contributed by atoms with E-state index in [4.69, 9.17) is 24.4 Å². The van der Waals surface area contributed by atoms with Gasteiger partial charge in [-0.3, -0.25) is 0 Å². The summed E-state index contributed by atoms with van der Waals surface area (Å²) in [5, 5.41) is 1.28. The molecule has 0 fully saturated rings. The Hall–Kier alpha value is -7.57. The molecule has 6 nitrogen and oxygen atoms in total. The van der Waals surface area contributed by atoms with Gasteiger partial charge in [-0.2, -0.15) is 0 Å². The molecule has 7 aromatic carbocycles. The molecular formula is C55H42N4O2. The molecule has 2 aliphatic rings. The van der Waals surface area contributed by atoms with Crippen molar-refractivity contribution in [3.05, 3.63) is 186 Å². The van der Waals surface area contributed by atoms with Crippen LogP contribution < -0.4 is 9.47 Å². The number of aromatic nitrogens is 4. The van der Waals surface area contributed by atoms with Crippen LogP contribution in [0.15, 0.2) is 164 Å². The summed E-state index contributed by atoms with van der Waals surface area (Å²) in [7, 11) is 0. The SMILES string of the molecule is C/C=C\c1c(CC)c2ccccc2n1-c1ccc(-c2nc(-c3ccccc3)nc(-c3ccc(-c4cccc5c4Oc4cc6c(cc4O5)-c4ccccc4C6(C)C)cc3)n2)cc1. The average molecular weight is 791 g/mol. The number of para-hydroxylation sites is 2. The van der Waals surface area contributed by atoms with Crippen molar-refractivity contribution in [1.29, 1.82) is 0 Å². The van der Waals surface area contributed by atoms with Crippen LogP contribution in [0, 0.1) is 0 Å². The van der Waals surface area contributed by atoms with Crippen LogP contribution in [-0.4, -0.2) is 19.5 Å². The highest BCUT2D eigenvalue weighted by Gasteiger charge is 2.37. The Kier molecular flexibility index (Phi) is 8.57. The first-order valence-electron chi connectivity index (χ1n) is 20.9. The van der Waals surface area contributed by atoms with Crippen molar-refractivity contribution in [2.75, 3.05) is 0 Å². The van der Waals surface area contributed by atoms with Crippen molar-refractivity contribution in [3.8, 4) is 85.1 Å². The molecule has 0 N–H and O–H groups in total. The van der Waals surface area contributed by atoms with Crippen LogP contribution >= 0.6 is 0 Å². The smallest absolute Gasteiger partial charge is 0.177 e. The van der Waals surface area contributed by atoms with Gasteiger partial charge in [0.1, 0.15) is 0 Å². The molecule has 11 rings (SSSR count). The van der Waals surface area contributed by atoms with E-state index in [1.165, 1.54) is 44.4 Å². The number of benzene rings is 7. The van der Waals surface area contributed by atoms with Gasteiger partial charge in [-0.15, -0.1) is 0 Å². The second kappa shape index (κ2) is 14.3. The lowest BCUT2D eigenvalue weighted by Gasteiger charge is -2.26. The van der Waals surface area contributed by atoms with E-state index in [1.807, 2.05) is 42.5 Å². The van der Waals surface area contributed by atoms with E-state index in [0.717, 1.165) is 51.4 Å². The van der Waals surface area contributed by atoms with Crippen LogP contribution in [0.2, 0.25) is 0 Å². The van der Waals surface area contributed by atoms with E-state index >= 15 is 0 Å². The summed E-state index contributed by atoms with van der Waals surface area (Å²) in [4.78, 5) is 15.1. The van der Waals surface area contributed by atoms with Gasteiger partial charge < -0.3 is 14.0 Å². The number of nitrogens with zero attached hydrogens (tertiary/aromatic N) is 4. The molecule has 0 saturated heterocycles. The Labute approximate surface area is 355 Å². The van der Waals surface area contributed by atoms with Gasteiger partial charge >= 0.3 is 0 Å². The van der Waals surface area contributed by atoms with Crippen molar-refractivity contribution in [2.45, 2.75) is 39.5 Å². The largest absolute Gasteiger partial charge is 0.449 e. The lowest BCUT2D eigenvalue weighted by Crippen LogP contribution is -2.15. The zero-order chi connectivity index (χ0) is 41.2. The molecule has 294 valence electrons. The van der Waals surface area contributed by atoms with E-state index in [9.17, 15) is 0 Å². The van der Waals surface area contributed by atoms with Gasteiger partial charge in [0.15, 0.2) is 40.5 Å². The molecule has 0 amide bonds. The monoisotopic (exact) mass is 790 g/mol. The van der Waals surface area contributed by atoms with Gasteiger partial charge in [0.2, 0.25) is 0 Å². The fourth-order valence-electron chi connectivity index (χ4n) is 9.24. The van der Waals surface area contributed by atoms with Gasteiger partial charge in [0.05, 0.1) is 5.52 Å². The fourth-order valence-corrected chi connectivity index (χ4v) is 9.24. The topological polar surface area (TPSA) is 62.1 Å². The molecule has 61 heavy (non-hydrogen) atoms. The Bertz CT molecular complexity index is 3200. The number of aryl methyl sites for hydroxylation is 1. The van der Waals surface area contributed by atoms with E-state index in [1.54, 1.807) is 0 Å². The number of fused-ring (bicyclic) bond motifs is 6. The van der Waals surface area contributed by atoms with E-state index < -0.39 is 0 Å². The summed E-state index contributed by atoms with van der Waals surface area (Å²) >= 11 is 0. The average Bonchev–Trinajstić information content (AvgIpc) is 3.74. The summed E-state index contributed by atoms with van der Waals surface area (Å²) in [5.74, 6) is 4.66. The highest BCUT2D eigenvalue weighted by molar-refractivity contribution is 5.90. The maximum absolute atomic E-state index is 6.75. The summed E-state index contributed by atoms with van der Waals surface area (Å²) < 4.78 is 15.7. The lowest BCUT2D eigenvalue weighted by atomic mass is 9.82. The molecule has 9 aromatic rings. The molecule has 0 atom stereocenters. The molecule has 0 spiro atoms. The van der Waals surface area contributed by atoms with Crippen molar-refractivity contribution in [3.63, 3.8) is 0 Å². The summed E-state index contributed by atoms with van der Waals surface area (Å²) in [6, 6.07) is 54.6. The Morgan fingerprint density at radius 1 is 0.541 bits per heavy atom. The molecule has 0 radical (unpaired) electrons. The van der Waals surface area contributed by atoms with Crippen molar-refractivity contribution < 1.29 is 9.47 Å². The number of ether oxygens (including phenoxy) is 2. The molecule has 1 aliphatic heterocycles. The summed E-state index contributed by atoms with van der Waals surface area (Å²) in [6.45, 7) is 8.84. The molecule has 2 aromatic heterocycles. The van der Waals surface area contributed by atoms with Gasteiger partial charge in [-0.05, 0) is 101 Å². The minimum atomic E-state index is -0.147. The molecule has 0 bridgehead atoms. The second-order valence-electron chi connectivity index (χ2n) is 16.2. The first kappa shape index (κ1) is 36.5. The predicted octanol–water partition coefficient (Wildman–Crippen LogP) is 14.3. The van der Waals surface area contributed by atoms with Crippen LogP contribution in [0.25, 0.3) is 79.1 Å². The van der Waals surface area contributed by atoms with Crippen LogP contribution in [0.4, 0.5) is 0 Å². The molecular weight excluding hydrogens is 749 g/mol. The maximum atomic E-state index is 6.75.